The summed E-state index contributed by atoms with van der Waals surface area (Å²) in [6.07, 6.45) is 1.47. The maximum Gasteiger partial charge on any atom is 0.239 e. The summed E-state index contributed by atoms with van der Waals surface area (Å²) in [6.45, 7) is 4.49. The molecule has 2 aromatic rings. The van der Waals surface area contributed by atoms with Crippen molar-refractivity contribution in [2.45, 2.75) is 26.7 Å². The van der Waals surface area contributed by atoms with Gasteiger partial charge in [0.25, 0.3) is 0 Å². The Morgan fingerprint density at radius 3 is 2.64 bits per heavy atom. The third kappa shape index (κ3) is 3.54. The number of nitrogens with one attached hydrogen (secondary N) is 1. The van der Waals surface area contributed by atoms with Crippen LogP contribution in [0.25, 0.3) is 0 Å². The van der Waals surface area contributed by atoms with Crippen molar-refractivity contribution in [3.8, 4) is 0 Å². The van der Waals surface area contributed by atoms with Crippen LogP contribution in [0.2, 0.25) is 5.02 Å². The quantitative estimate of drug-likeness (QED) is 0.834. The smallest absolute Gasteiger partial charge is 0.239 e. The molecular weight excluding hydrogens is 336 g/mol. The van der Waals surface area contributed by atoms with Crippen LogP contribution in [-0.4, -0.2) is 18.4 Å². The highest BCUT2D eigenvalue weighted by molar-refractivity contribution is 6.31. The molecule has 1 heterocycles. The van der Waals surface area contributed by atoms with E-state index in [0.717, 1.165) is 17.7 Å². The molecule has 0 aliphatic carbocycles. The van der Waals surface area contributed by atoms with E-state index in [1.807, 2.05) is 31.2 Å². The van der Waals surface area contributed by atoms with Gasteiger partial charge in [0.1, 0.15) is 5.92 Å². The molecule has 2 aromatic carbocycles. The Hall–Kier alpha value is -2.33. The molecule has 1 aliphatic rings. The highest BCUT2D eigenvalue weighted by atomic mass is 35.5. The van der Waals surface area contributed by atoms with Gasteiger partial charge in [0.2, 0.25) is 11.8 Å². The van der Waals surface area contributed by atoms with Crippen LogP contribution in [0.15, 0.2) is 42.5 Å². The van der Waals surface area contributed by atoms with E-state index in [4.69, 9.17) is 11.6 Å². The number of hydrogen-bond donors (Lipinski definition) is 1. The van der Waals surface area contributed by atoms with Crippen molar-refractivity contribution in [3.05, 3.63) is 58.6 Å². The average molecular weight is 357 g/mol. The van der Waals surface area contributed by atoms with Gasteiger partial charge in [-0.05, 0) is 55.2 Å². The lowest BCUT2D eigenvalue weighted by molar-refractivity contribution is -0.129. The minimum atomic E-state index is -0.663. The summed E-state index contributed by atoms with van der Waals surface area (Å²) in [5.41, 5.74) is 3.52. The summed E-state index contributed by atoms with van der Waals surface area (Å²) in [6, 6.07) is 13.3. The van der Waals surface area contributed by atoms with E-state index in [0.29, 0.717) is 23.7 Å². The number of carbonyl (C=O) groups is 2. The number of carbonyl (C=O) groups excluding carboxylic acids is 2. The minimum absolute atomic E-state index is 0.151. The van der Waals surface area contributed by atoms with Crippen LogP contribution < -0.4 is 10.2 Å². The molecular formula is C20H21ClN2O2. The van der Waals surface area contributed by atoms with Gasteiger partial charge in [-0.3, -0.25) is 9.59 Å². The van der Waals surface area contributed by atoms with E-state index in [2.05, 4.69) is 12.2 Å². The van der Waals surface area contributed by atoms with E-state index >= 15 is 0 Å². The highest BCUT2D eigenvalue weighted by Crippen LogP contribution is 2.28. The van der Waals surface area contributed by atoms with Crippen molar-refractivity contribution in [1.82, 2.24) is 0 Å². The average Bonchev–Trinajstić information content (AvgIpc) is 3.00. The largest absolute Gasteiger partial charge is 0.325 e. The van der Waals surface area contributed by atoms with Gasteiger partial charge in [-0.25, -0.2) is 0 Å². The molecule has 25 heavy (non-hydrogen) atoms. The Kier molecular flexibility index (Phi) is 5.09. The molecule has 0 spiro atoms. The zero-order valence-corrected chi connectivity index (χ0v) is 15.1. The first-order chi connectivity index (χ1) is 12.0. The molecule has 1 atom stereocenters. The third-order valence-corrected chi connectivity index (χ3v) is 5.11. The first-order valence-electron chi connectivity index (χ1n) is 8.47. The second-order valence-electron chi connectivity index (χ2n) is 6.25. The molecule has 0 aromatic heterocycles. The molecule has 1 N–H and O–H groups in total. The van der Waals surface area contributed by atoms with Crippen molar-refractivity contribution in [2.24, 2.45) is 5.92 Å². The predicted octanol–water partition coefficient (Wildman–Crippen LogP) is 4.20. The van der Waals surface area contributed by atoms with Gasteiger partial charge in [-0.2, -0.15) is 0 Å². The summed E-state index contributed by atoms with van der Waals surface area (Å²) in [7, 11) is 0. The lowest BCUT2D eigenvalue weighted by Crippen LogP contribution is -2.33. The topological polar surface area (TPSA) is 49.4 Å². The van der Waals surface area contributed by atoms with Gasteiger partial charge in [-0.1, -0.05) is 36.7 Å². The normalized spacial score (nSPS) is 17.0. The van der Waals surface area contributed by atoms with Crippen molar-refractivity contribution < 1.29 is 9.59 Å². The standard InChI is InChI=1S/C20H21ClN2O2/c1-3-14-7-9-15(10-8-14)23-12-11-16(20(23)25)19(24)22-18-6-4-5-17(21)13(18)2/h4-10,16H,3,11-12H2,1-2H3,(H,22,24)/t16-/m0/s1. The fourth-order valence-corrected chi connectivity index (χ4v) is 3.23. The number of aryl methyl sites for hydroxylation is 1. The zero-order chi connectivity index (χ0) is 18.0. The van der Waals surface area contributed by atoms with Crippen LogP contribution in [0, 0.1) is 12.8 Å². The molecule has 1 aliphatic heterocycles. The lowest BCUT2D eigenvalue weighted by atomic mass is 10.1. The molecule has 130 valence electrons. The van der Waals surface area contributed by atoms with Crippen molar-refractivity contribution in [2.75, 3.05) is 16.8 Å². The summed E-state index contributed by atoms with van der Waals surface area (Å²) in [5, 5.41) is 3.43. The van der Waals surface area contributed by atoms with Gasteiger partial charge in [0.15, 0.2) is 0 Å². The number of nitrogens with zero attached hydrogens (tertiary/aromatic N) is 1. The van der Waals surface area contributed by atoms with Gasteiger partial charge in [-0.15, -0.1) is 0 Å². The van der Waals surface area contributed by atoms with Crippen LogP contribution in [0.1, 0.15) is 24.5 Å². The number of rotatable bonds is 4. The molecule has 5 heteroatoms. The van der Waals surface area contributed by atoms with Gasteiger partial charge >= 0.3 is 0 Å². The molecule has 3 rings (SSSR count). The van der Waals surface area contributed by atoms with Crippen LogP contribution >= 0.6 is 11.6 Å². The van der Waals surface area contributed by atoms with E-state index in [1.165, 1.54) is 5.56 Å². The Morgan fingerprint density at radius 1 is 1.24 bits per heavy atom. The third-order valence-electron chi connectivity index (χ3n) is 4.70. The monoisotopic (exact) mass is 356 g/mol. The second-order valence-corrected chi connectivity index (χ2v) is 6.66. The van der Waals surface area contributed by atoms with E-state index < -0.39 is 5.92 Å². The lowest BCUT2D eigenvalue weighted by Gasteiger charge is -2.17. The number of halogens is 1. The zero-order valence-electron chi connectivity index (χ0n) is 14.4. The Labute approximate surface area is 152 Å². The Morgan fingerprint density at radius 2 is 1.96 bits per heavy atom. The van der Waals surface area contributed by atoms with Crippen LogP contribution in [0.4, 0.5) is 11.4 Å². The second kappa shape index (κ2) is 7.28. The molecule has 1 saturated heterocycles. The number of benzene rings is 2. The fourth-order valence-electron chi connectivity index (χ4n) is 3.05. The summed E-state index contributed by atoms with van der Waals surface area (Å²) in [5.74, 6) is -1.09. The van der Waals surface area contributed by atoms with Crippen LogP contribution in [-0.2, 0) is 16.0 Å². The number of amides is 2. The molecule has 0 unspecified atom stereocenters. The van der Waals surface area contributed by atoms with Gasteiger partial charge in [0, 0.05) is 22.9 Å². The molecule has 0 bridgehead atoms. The van der Waals surface area contributed by atoms with E-state index in [-0.39, 0.29) is 11.8 Å². The molecule has 2 amide bonds. The Balaban J connectivity index is 1.72. The molecule has 0 saturated carbocycles. The highest BCUT2D eigenvalue weighted by Gasteiger charge is 2.37. The summed E-state index contributed by atoms with van der Waals surface area (Å²) < 4.78 is 0. The first-order valence-corrected chi connectivity index (χ1v) is 8.85. The van der Waals surface area contributed by atoms with Gasteiger partial charge < -0.3 is 10.2 Å². The SMILES string of the molecule is CCc1ccc(N2CC[C@@H](C(=O)Nc3cccc(Cl)c3C)C2=O)cc1. The number of hydrogen-bond acceptors (Lipinski definition) is 2. The summed E-state index contributed by atoms with van der Waals surface area (Å²) >= 11 is 6.09. The maximum absolute atomic E-state index is 12.7. The minimum Gasteiger partial charge on any atom is -0.325 e. The maximum atomic E-state index is 12.7. The van der Waals surface area contributed by atoms with E-state index in [1.54, 1.807) is 23.1 Å². The fraction of sp³-hybridized carbons (Fsp3) is 0.300. The van der Waals surface area contributed by atoms with E-state index in [9.17, 15) is 9.59 Å². The molecule has 0 radical (unpaired) electrons. The van der Waals surface area contributed by atoms with Gasteiger partial charge in [0.05, 0.1) is 0 Å². The Bertz CT molecular complexity index is 802. The van der Waals surface area contributed by atoms with Crippen molar-refractivity contribution >= 4 is 34.8 Å². The van der Waals surface area contributed by atoms with Crippen LogP contribution in [0.3, 0.4) is 0 Å². The molecule has 1 fully saturated rings. The predicted molar refractivity (Wildman–Crippen MR) is 101 cm³/mol. The van der Waals surface area contributed by atoms with Crippen molar-refractivity contribution in [3.63, 3.8) is 0 Å². The van der Waals surface area contributed by atoms with Crippen LogP contribution in [0.5, 0.6) is 0 Å². The first kappa shape index (κ1) is 17.5. The summed E-state index contributed by atoms with van der Waals surface area (Å²) in [4.78, 5) is 26.9. The van der Waals surface area contributed by atoms with Crippen molar-refractivity contribution in [1.29, 1.82) is 0 Å². The molecule has 4 nitrogen and oxygen atoms in total. The number of anilines is 2.